The molecule has 10 nitrogen and oxygen atoms in total. The minimum Gasteiger partial charge on any atom is -0.451 e. The highest BCUT2D eigenvalue weighted by atomic mass is 19.3. The van der Waals surface area contributed by atoms with Crippen LogP contribution in [0.25, 0.3) is 0 Å². The molecule has 1 saturated carbocycles. The number of hydrogen-bond acceptors (Lipinski definition) is 8. The highest BCUT2D eigenvalue weighted by Crippen LogP contribution is 2.34. The van der Waals surface area contributed by atoms with Crippen LogP contribution in [0.1, 0.15) is 70.4 Å². The summed E-state index contributed by atoms with van der Waals surface area (Å²) in [6, 6.07) is -0.990. The summed E-state index contributed by atoms with van der Waals surface area (Å²) in [7, 11) is 0. The Morgan fingerprint density at radius 3 is 2.94 bits per heavy atom. The number of carbonyl (C=O) groups excluding carboxylic acids is 1. The van der Waals surface area contributed by atoms with Crippen LogP contribution in [-0.4, -0.2) is 55.4 Å². The topological polar surface area (TPSA) is 120 Å². The van der Waals surface area contributed by atoms with Crippen LogP contribution in [0.3, 0.4) is 0 Å². The molecule has 0 aromatic carbocycles. The van der Waals surface area contributed by atoms with Crippen molar-refractivity contribution in [1.82, 2.24) is 35.8 Å². The largest absolute Gasteiger partial charge is 0.451 e. The van der Waals surface area contributed by atoms with Gasteiger partial charge in [-0.2, -0.15) is 0 Å². The number of tetrazole rings is 1. The molecule has 1 aliphatic rings. The normalized spacial score (nSPS) is 19.7. The number of rotatable bonds is 8. The van der Waals surface area contributed by atoms with Crippen LogP contribution >= 0.6 is 0 Å². The van der Waals surface area contributed by atoms with E-state index in [1.54, 1.807) is 25.5 Å². The molecule has 0 radical (unpaired) electrons. The number of halogens is 2. The Morgan fingerprint density at radius 2 is 2.26 bits per heavy atom. The first-order chi connectivity index (χ1) is 14.6. The van der Waals surface area contributed by atoms with Crippen LogP contribution in [0, 0.1) is 0 Å². The maximum Gasteiger partial charge on any atom is 0.407 e. The van der Waals surface area contributed by atoms with Crippen molar-refractivity contribution in [3.63, 3.8) is 0 Å². The molecule has 0 saturated heterocycles. The smallest absolute Gasteiger partial charge is 0.407 e. The number of alkyl carbamates (subject to hydrolysis) is 1. The molecule has 2 atom stereocenters. The van der Waals surface area contributed by atoms with Crippen LogP contribution < -0.4 is 10.6 Å². The average molecular weight is 441 g/mol. The van der Waals surface area contributed by atoms with Gasteiger partial charge in [-0.3, -0.25) is 5.32 Å². The predicted molar refractivity (Wildman–Crippen MR) is 105 cm³/mol. The highest BCUT2D eigenvalue weighted by molar-refractivity contribution is 5.67. The van der Waals surface area contributed by atoms with E-state index in [0.29, 0.717) is 43.9 Å². The first kappa shape index (κ1) is 23.0. The number of amides is 1. The van der Waals surface area contributed by atoms with E-state index in [0.717, 1.165) is 0 Å². The fraction of sp³-hybridized carbons (Fsp3) is 0.737. The van der Waals surface area contributed by atoms with E-state index in [2.05, 4.69) is 31.1 Å². The summed E-state index contributed by atoms with van der Waals surface area (Å²) in [5, 5.41) is 17.8. The number of ether oxygens (including phenoxy) is 1. The van der Waals surface area contributed by atoms with Crippen LogP contribution in [0.2, 0.25) is 0 Å². The van der Waals surface area contributed by atoms with Gasteiger partial charge in [0, 0.05) is 32.0 Å². The van der Waals surface area contributed by atoms with Crippen molar-refractivity contribution >= 4 is 6.09 Å². The van der Waals surface area contributed by atoms with Crippen LogP contribution in [0.5, 0.6) is 0 Å². The standard InChI is InChI=1S/C19H29F2N7O3/c1-18(2,3)31-17(29)22-8-5-9-28-16(25-26-27-28)15(14-11-30-12-23-14)24-13-6-4-7-19(20,21)10-13/h11-13,15,24H,4-10H2,1-3H3,(H,22,29). The zero-order valence-electron chi connectivity index (χ0n) is 18.0. The molecule has 2 N–H and O–H groups in total. The summed E-state index contributed by atoms with van der Waals surface area (Å²) in [6.45, 7) is 6.15. The quantitative estimate of drug-likeness (QED) is 0.600. The van der Waals surface area contributed by atoms with E-state index >= 15 is 0 Å². The summed E-state index contributed by atoms with van der Waals surface area (Å²) < 4.78 is 39.6. The van der Waals surface area contributed by atoms with Gasteiger partial charge in [0.05, 0.1) is 0 Å². The molecule has 2 aromatic heterocycles. The summed E-state index contributed by atoms with van der Waals surface area (Å²) in [5.74, 6) is -2.25. The average Bonchev–Trinajstić information content (AvgIpc) is 3.33. The third-order valence-electron chi connectivity index (χ3n) is 4.82. The molecule has 2 heterocycles. The van der Waals surface area contributed by atoms with Gasteiger partial charge in [-0.15, -0.1) is 5.10 Å². The summed E-state index contributed by atoms with van der Waals surface area (Å²) in [4.78, 5) is 15.9. The number of hydrogen-bond donors (Lipinski definition) is 2. The van der Waals surface area contributed by atoms with Gasteiger partial charge in [-0.25, -0.2) is 23.2 Å². The van der Waals surface area contributed by atoms with E-state index in [4.69, 9.17) is 9.15 Å². The zero-order valence-corrected chi connectivity index (χ0v) is 18.0. The van der Waals surface area contributed by atoms with E-state index in [1.165, 1.54) is 12.7 Å². The first-order valence-corrected chi connectivity index (χ1v) is 10.4. The van der Waals surface area contributed by atoms with Gasteiger partial charge in [0.2, 0.25) is 5.92 Å². The van der Waals surface area contributed by atoms with Crippen LogP contribution in [0.4, 0.5) is 13.6 Å². The van der Waals surface area contributed by atoms with Crippen molar-refractivity contribution in [3.05, 3.63) is 24.2 Å². The van der Waals surface area contributed by atoms with E-state index in [1.807, 2.05) is 0 Å². The molecule has 1 fully saturated rings. The molecular weight excluding hydrogens is 412 g/mol. The number of oxazole rings is 1. The minimum absolute atomic E-state index is 0.0950. The first-order valence-electron chi connectivity index (χ1n) is 10.4. The molecule has 172 valence electrons. The van der Waals surface area contributed by atoms with Crippen molar-refractivity contribution in [3.8, 4) is 0 Å². The van der Waals surface area contributed by atoms with E-state index < -0.39 is 29.7 Å². The monoisotopic (exact) mass is 441 g/mol. The second-order valence-corrected chi connectivity index (χ2v) is 8.70. The molecule has 0 aliphatic heterocycles. The van der Waals surface area contributed by atoms with Gasteiger partial charge in [0.25, 0.3) is 0 Å². The maximum atomic E-state index is 13.9. The predicted octanol–water partition coefficient (Wildman–Crippen LogP) is 2.83. The van der Waals surface area contributed by atoms with Gasteiger partial charge < -0.3 is 14.5 Å². The molecule has 0 spiro atoms. The Morgan fingerprint density at radius 1 is 1.45 bits per heavy atom. The fourth-order valence-corrected chi connectivity index (χ4v) is 3.52. The van der Waals surface area contributed by atoms with Crippen molar-refractivity contribution in [2.75, 3.05) is 6.54 Å². The Bertz CT molecular complexity index is 836. The Kier molecular flexibility index (Phi) is 7.19. The Labute approximate surface area is 179 Å². The van der Waals surface area contributed by atoms with Gasteiger partial charge in [-0.05, 0) is 50.5 Å². The van der Waals surface area contributed by atoms with Crippen molar-refractivity contribution < 1.29 is 22.7 Å². The lowest BCUT2D eigenvalue weighted by atomic mass is 9.91. The minimum atomic E-state index is -2.69. The van der Waals surface area contributed by atoms with Gasteiger partial charge in [0.1, 0.15) is 23.6 Å². The number of nitrogens with one attached hydrogen (secondary N) is 2. The molecule has 3 rings (SSSR count). The van der Waals surface area contributed by atoms with Gasteiger partial charge in [0.15, 0.2) is 12.2 Å². The lowest BCUT2D eigenvalue weighted by Crippen LogP contribution is -2.42. The zero-order chi connectivity index (χ0) is 22.5. The van der Waals surface area contributed by atoms with Crippen molar-refractivity contribution in [1.29, 1.82) is 0 Å². The molecule has 12 heteroatoms. The molecule has 2 unspecified atom stereocenters. The Hall–Kier alpha value is -2.63. The fourth-order valence-electron chi connectivity index (χ4n) is 3.52. The number of nitrogens with zero attached hydrogens (tertiary/aromatic N) is 5. The van der Waals surface area contributed by atoms with Gasteiger partial charge in [-0.1, -0.05) is 0 Å². The number of alkyl halides is 2. The van der Waals surface area contributed by atoms with Crippen LogP contribution in [0.15, 0.2) is 17.1 Å². The second-order valence-electron chi connectivity index (χ2n) is 8.70. The number of aromatic nitrogens is 5. The van der Waals surface area contributed by atoms with Crippen molar-refractivity contribution in [2.45, 2.75) is 83.0 Å². The number of aryl methyl sites for hydroxylation is 1. The lowest BCUT2D eigenvalue weighted by Gasteiger charge is -2.31. The van der Waals surface area contributed by atoms with Crippen molar-refractivity contribution in [2.24, 2.45) is 0 Å². The summed E-state index contributed by atoms with van der Waals surface area (Å²) >= 11 is 0. The SMILES string of the molecule is CC(C)(C)OC(=O)NCCCn1nnnc1C(NC1CCCC(F)(F)C1)c1cocn1. The third kappa shape index (κ3) is 6.94. The third-order valence-corrected chi connectivity index (χ3v) is 4.82. The molecule has 1 aliphatic carbocycles. The molecule has 0 bridgehead atoms. The maximum absolute atomic E-state index is 13.9. The summed E-state index contributed by atoms with van der Waals surface area (Å²) in [6.07, 6.45) is 3.50. The Balaban J connectivity index is 1.62. The van der Waals surface area contributed by atoms with Gasteiger partial charge >= 0.3 is 6.09 Å². The molecular formula is C19H29F2N7O3. The van der Waals surface area contributed by atoms with E-state index in [-0.39, 0.29) is 12.8 Å². The second kappa shape index (κ2) is 9.67. The molecule has 31 heavy (non-hydrogen) atoms. The number of carbonyl (C=O) groups is 1. The highest BCUT2D eigenvalue weighted by Gasteiger charge is 2.38. The summed E-state index contributed by atoms with van der Waals surface area (Å²) in [5.41, 5.74) is -0.0590. The van der Waals surface area contributed by atoms with E-state index in [9.17, 15) is 13.6 Å². The molecule has 1 amide bonds. The lowest BCUT2D eigenvalue weighted by molar-refractivity contribution is -0.0450. The molecule has 2 aromatic rings. The van der Waals surface area contributed by atoms with Crippen LogP contribution in [-0.2, 0) is 11.3 Å².